The smallest absolute Gasteiger partial charge is 0.148 e. The molecule has 0 amide bonds. The van der Waals surface area contributed by atoms with Gasteiger partial charge < -0.3 is 20.1 Å². The number of pyridine rings is 1. The summed E-state index contributed by atoms with van der Waals surface area (Å²) >= 11 is 6.85. The van der Waals surface area contributed by atoms with Crippen LogP contribution in [0.15, 0.2) is 18.2 Å². The van der Waals surface area contributed by atoms with Crippen LogP contribution in [0.5, 0.6) is 11.5 Å². The standard InChI is InChI=1S/C24H29ClFN5O2/c25-21-22(20-18(26)4-1-5-19(20)32)28-24(31-10-9-29-7-2-3-15(29)12-31)17-13-30-8-6-27-11-16(30)14-33-23(17)21/h1,4-5,15-16,27,32H,2-3,6-14H2/t15-,16+/m0/s1. The van der Waals surface area contributed by atoms with E-state index in [9.17, 15) is 9.50 Å². The number of aromatic hydroxyl groups is 1. The number of ether oxygens (including phenoxy) is 1. The molecule has 0 aliphatic carbocycles. The molecule has 9 heteroatoms. The zero-order chi connectivity index (χ0) is 22.5. The van der Waals surface area contributed by atoms with Crippen LogP contribution >= 0.6 is 11.6 Å². The highest BCUT2D eigenvalue weighted by Crippen LogP contribution is 2.46. The molecule has 176 valence electrons. The minimum Gasteiger partial charge on any atom is -0.507 e. The molecule has 4 aliphatic heterocycles. The SMILES string of the molecule is Oc1cccc(F)c1-c1nc(N2CCN3CCC[C@H]3C2)c2c(c1Cl)OC[C@H]1CNCCN1C2. The van der Waals surface area contributed by atoms with E-state index < -0.39 is 5.82 Å². The van der Waals surface area contributed by atoms with E-state index >= 15 is 0 Å². The summed E-state index contributed by atoms with van der Waals surface area (Å²) < 4.78 is 21.2. The summed E-state index contributed by atoms with van der Waals surface area (Å²) in [6.45, 7) is 7.79. The molecule has 33 heavy (non-hydrogen) atoms. The molecule has 1 aromatic carbocycles. The molecule has 2 atom stereocenters. The molecular weight excluding hydrogens is 445 g/mol. The van der Waals surface area contributed by atoms with E-state index in [2.05, 4.69) is 20.0 Å². The molecule has 6 rings (SSSR count). The topological polar surface area (TPSA) is 64.1 Å². The number of piperazine rings is 2. The Labute approximate surface area is 198 Å². The number of aromatic nitrogens is 1. The Morgan fingerprint density at radius 3 is 2.94 bits per heavy atom. The van der Waals surface area contributed by atoms with Crippen molar-refractivity contribution in [3.63, 3.8) is 0 Å². The van der Waals surface area contributed by atoms with E-state index in [1.165, 1.54) is 31.0 Å². The number of benzene rings is 1. The normalized spacial score (nSPS) is 25.7. The number of anilines is 1. The molecule has 0 radical (unpaired) electrons. The fourth-order valence-electron chi connectivity index (χ4n) is 5.77. The van der Waals surface area contributed by atoms with Crippen LogP contribution in [0.1, 0.15) is 18.4 Å². The predicted octanol–water partition coefficient (Wildman–Crippen LogP) is 2.70. The molecule has 2 aromatic rings. The highest BCUT2D eigenvalue weighted by atomic mass is 35.5. The van der Waals surface area contributed by atoms with Gasteiger partial charge in [-0.3, -0.25) is 9.80 Å². The molecule has 2 N–H and O–H groups in total. The van der Waals surface area contributed by atoms with E-state index in [4.69, 9.17) is 21.3 Å². The van der Waals surface area contributed by atoms with Crippen molar-refractivity contribution < 1.29 is 14.2 Å². The molecule has 0 bridgehead atoms. The van der Waals surface area contributed by atoms with Gasteiger partial charge in [0.05, 0.1) is 17.2 Å². The van der Waals surface area contributed by atoms with E-state index in [1.807, 2.05) is 0 Å². The van der Waals surface area contributed by atoms with Gasteiger partial charge in [0.25, 0.3) is 0 Å². The fourth-order valence-corrected chi connectivity index (χ4v) is 6.08. The first-order valence-electron chi connectivity index (χ1n) is 11.9. The first kappa shape index (κ1) is 21.4. The lowest BCUT2D eigenvalue weighted by atomic mass is 10.0. The Morgan fingerprint density at radius 2 is 2.06 bits per heavy atom. The van der Waals surface area contributed by atoms with Crippen LogP contribution in [-0.4, -0.2) is 84.4 Å². The van der Waals surface area contributed by atoms with Crippen molar-refractivity contribution in [3.8, 4) is 22.8 Å². The maximum absolute atomic E-state index is 14.9. The summed E-state index contributed by atoms with van der Waals surface area (Å²) in [5.74, 6) is 0.651. The summed E-state index contributed by atoms with van der Waals surface area (Å²) in [4.78, 5) is 12.2. The second kappa shape index (κ2) is 8.58. The van der Waals surface area contributed by atoms with Gasteiger partial charge in [0.2, 0.25) is 0 Å². The highest BCUT2D eigenvalue weighted by Gasteiger charge is 2.37. The number of phenolic OH excluding ortho intramolecular Hbond substituents is 1. The lowest BCUT2D eigenvalue weighted by Crippen LogP contribution is -2.52. The number of hydrogen-bond acceptors (Lipinski definition) is 7. The van der Waals surface area contributed by atoms with Crippen LogP contribution in [0.25, 0.3) is 11.3 Å². The van der Waals surface area contributed by atoms with Crippen LogP contribution in [0, 0.1) is 5.82 Å². The third-order valence-electron chi connectivity index (χ3n) is 7.54. The summed E-state index contributed by atoms with van der Waals surface area (Å²) in [6.07, 6.45) is 2.41. The Kier molecular flexibility index (Phi) is 5.57. The minimum atomic E-state index is -0.550. The Balaban J connectivity index is 1.49. The quantitative estimate of drug-likeness (QED) is 0.695. The zero-order valence-electron chi connectivity index (χ0n) is 18.6. The molecule has 5 heterocycles. The summed E-state index contributed by atoms with van der Waals surface area (Å²) in [6, 6.07) is 5.02. The molecule has 3 fully saturated rings. The number of nitrogens with one attached hydrogen (secondary N) is 1. The molecule has 7 nitrogen and oxygen atoms in total. The van der Waals surface area contributed by atoms with Gasteiger partial charge >= 0.3 is 0 Å². The maximum atomic E-state index is 14.9. The maximum Gasteiger partial charge on any atom is 0.148 e. The van der Waals surface area contributed by atoms with Crippen LogP contribution in [0.4, 0.5) is 10.2 Å². The van der Waals surface area contributed by atoms with Gasteiger partial charge in [-0.15, -0.1) is 0 Å². The largest absolute Gasteiger partial charge is 0.507 e. The second-order valence-corrected chi connectivity index (χ2v) is 9.84. The van der Waals surface area contributed by atoms with E-state index in [1.54, 1.807) is 0 Å². The predicted molar refractivity (Wildman–Crippen MR) is 126 cm³/mol. The average molecular weight is 474 g/mol. The number of fused-ring (bicyclic) bond motifs is 3. The fraction of sp³-hybridized carbons (Fsp3) is 0.542. The zero-order valence-corrected chi connectivity index (χ0v) is 19.3. The third-order valence-corrected chi connectivity index (χ3v) is 7.89. The van der Waals surface area contributed by atoms with E-state index in [0.717, 1.165) is 57.2 Å². The summed E-state index contributed by atoms with van der Waals surface area (Å²) in [5, 5.41) is 14.2. The van der Waals surface area contributed by atoms with Crippen molar-refractivity contribution in [2.75, 3.05) is 57.3 Å². The van der Waals surface area contributed by atoms with Gasteiger partial charge in [-0.05, 0) is 31.5 Å². The average Bonchev–Trinajstić information content (AvgIpc) is 3.19. The van der Waals surface area contributed by atoms with Gasteiger partial charge in [0.15, 0.2) is 0 Å². The molecular formula is C24H29ClFN5O2. The van der Waals surface area contributed by atoms with Crippen molar-refractivity contribution >= 4 is 17.4 Å². The number of hydrogen-bond donors (Lipinski definition) is 2. The van der Waals surface area contributed by atoms with Gasteiger partial charge in [0.1, 0.15) is 40.5 Å². The third kappa shape index (κ3) is 3.73. The molecule has 0 saturated carbocycles. The highest BCUT2D eigenvalue weighted by molar-refractivity contribution is 6.35. The van der Waals surface area contributed by atoms with E-state index in [-0.39, 0.29) is 28.1 Å². The van der Waals surface area contributed by atoms with Gasteiger partial charge in [-0.2, -0.15) is 0 Å². The van der Waals surface area contributed by atoms with Crippen molar-refractivity contribution in [1.29, 1.82) is 0 Å². The molecule has 1 aromatic heterocycles. The van der Waals surface area contributed by atoms with Crippen LogP contribution in [-0.2, 0) is 6.54 Å². The lowest BCUT2D eigenvalue weighted by molar-refractivity contribution is 0.120. The Hall–Kier alpha value is -2.13. The lowest BCUT2D eigenvalue weighted by Gasteiger charge is -2.39. The summed E-state index contributed by atoms with van der Waals surface area (Å²) in [7, 11) is 0. The molecule has 0 unspecified atom stereocenters. The first-order chi connectivity index (χ1) is 16.1. The number of phenols is 1. The summed E-state index contributed by atoms with van der Waals surface area (Å²) in [5.41, 5.74) is 1.24. The van der Waals surface area contributed by atoms with Gasteiger partial charge in [-0.1, -0.05) is 17.7 Å². The first-order valence-corrected chi connectivity index (χ1v) is 12.2. The molecule has 3 saturated heterocycles. The Bertz CT molecular complexity index is 1050. The second-order valence-electron chi connectivity index (χ2n) is 9.46. The minimum absolute atomic E-state index is 0.0262. The van der Waals surface area contributed by atoms with Gasteiger partial charge in [0, 0.05) is 51.9 Å². The van der Waals surface area contributed by atoms with E-state index in [0.29, 0.717) is 24.9 Å². The number of rotatable bonds is 2. The number of nitrogens with zero attached hydrogens (tertiary/aromatic N) is 4. The monoisotopic (exact) mass is 473 g/mol. The van der Waals surface area contributed by atoms with Gasteiger partial charge in [-0.25, -0.2) is 9.37 Å². The van der Waals surface area contributed by atoms with Crippen molar-refractivity contribution in [1.82, 2.24) is 20.1 Å². The molecule has 0 spiro atoms. The van der Waals surface area contributed by atoms with Crippen molar-refractivity contribution in [2.45, 2.75) is 31.5 Å². The molecule has 4 aliphatic rings. The van der Waals surface area contributed by atoms with Crippen molar-refractivity contribution in [3.05, 3.63) is 34.6 Å². The van der Waals surface area contributed by atoms with Crippen LogP contribution in [0.3, 0.4) is 0 Å². The number of halogens is 2. The van der Waals surface area contributed by atoms with Crippen molar-refractivity contribution in [2.24, 2.45) is 0 Å². The van der Waals surface area contributed by atoms with Crippen LogP contribution in [0.2, 0.25) is 5.02 Å². The Morgan fingerprint density at radius 1 is 1.15 bits per heavy atom. The van der Waals surface area contributed by atoms with Crippen LogP contribution < -0.4 is 15.0 Å².